The van der Waals surface area contributed by atoms with Gasteiger partial charge in [-0.05, 0) is 31.4 Å². The molecule has 0 unspecified atom stereocenters. The fourth-order valence-electron chi connectivity index (χ4n) is 3.16. The fourth-order valence-corrected chi connectivity index (χ4v) is 3.16. The van der Waals surface area contributed by atoms with Crippen molar-refractivity contribution in [2.45, 2.75) is 19.3 Å². The zero-order valence-electron chi connectivity index (χ0n) is 12.3. The summed E-state index contributed by atoms with van der Waals surface area (Å²) in [6.07, 6.45) is 9.29. The first-order valence-corrected chi connectivity index (χ1v) is 7.63. The number of anilines is 2. The number of nitrogens with two attached hydrogens (primary N) is 1. The number of nitrogens with one attached hydrogen (secondary N) is 1. The number of nitrogens with zero attached hydrogens (tertiary/aromatic N) is 4. The van der Waals surface area contributed by atoms with Gasteiger partial charge in [0.15, 0.2) is 0 Å². The SMILES string of the molecule is Nc1nccc(-c2c[nH]c3nccc(N4CCCCC4)c23)n1. The van der Waals surface area contributed by atoms with E-state index in [9.17, 15) is 0 Å². The van der Waals surface area contributed by atoms with Crippen LogP contribution >= 0.6 is 0 Å². The number of nitrogen functional groups attached to an aromatic ring is 1. The van der Waals surface area contributed by atoms with Crippen LogP contribution in [0.25, 0.3) is 22.3 Å². The molecule has 0 radical (unpaired) electrons. The smallest absolute Gasteiger partial charge is 0.220 e. The number of H-pyrrole nitrogens is 1. The predicted molar refractivity (Wildman–Crippen MR) is 87.6 cm³/mol. The maximum atomic E-state index is 5.73. The molecule has 22 heavy (non-hydrogen) atoms. The number of hydrogen-bond donors (Lipinski definition) is 2. The van der Waals surface area contributed by atoms with Crippen LogP contribution in [-0.2, 0) is 0 Å². The number of fused-ring (bicyclic) bond motifs is 1. The van der Waals surface area contributed by atoms with Gasteiger partial charge in [0, 0.05) is 42.9 Å². The van der Waals surface area contributed by atoms with Crippen LogP contribution in [0.1, 0.15) is 19.3 Å². The first kappa shape index (κ1) is 13.1. The molecule has 0 atom stereocenters. The molecule has 6 nitrogen and oxygen atoms in total. The van der Waals surface area contributed by atoms with Crippen LogP contribution in [0.2, 0.25) is 0 Å². The highest BCUT2D eigenvalue weighted by atomic mass is 15.1. The molecule has 0 aromatic carbocycles. The third kappa shape index (κ3) is 2.16. The lowest BCUT2D eigenvalue weighted by Gasteiger charge is -2.29. The molecular weight excluding hydrogens is 276 g/mol. The summed E-state index contributed by atoms with van der Waals surface area (Å²) in [7, 11) is 0. The van der Waals surface area contributed by atoms with E-state index in [-0.39, 0.29) is 5.95 Å². The molecule has 112 valence electrons. The Balaban J connectivity index is 1.89. The monoisotopic (exact) mass is 294 g/mol. The molecule has 0 amide bonds. The minimum absolute atomic E-state index is 0.287. The minimum Gasteiger partial charge on any atom is -0.371 e. The van der Waals surface area contributed by atoms with E-state index in [2.05, 4.69) is 30.9 Å². The summed E-state index contributed by atoms with van der Waals surface area (Å²) in [6, 6.07) is 3.97. The first-order valence-electron chi connectivity index (χ1n) is 7.63. The van der Waals surface area contributed by atoms with E-state index < -0.39 is 0 Å². The highest BCUT2D eigenvalue weighted by Gasteiger charge is 2.18. The van der Waals surface area contributed by atoms with Crippen molar-refractivity contribution in [3.8, 4) is 11.3 Å². The molecule has 0 bridgehead atoms. The fraction of sp³-hybridized carbons (Fsp3) is 0.312. The third-order valence-electron chi connectivity index (χ3n) is 4.20. The number of piperidine rings is 1. The zero-order chi connectivity index (χ0) is 14.9. The van der Waals surface area contributed by atoms with Gasteiger partial charge in [0.2, 0.25) is 5.95 Å². The van der Waals surface area contributed by atoms with Crippen LogP contribution < -0.4 is 10.6 Å². The van der Waals surface area contributed by atoms with Crippen LogP contribution in [0.5, 0.6) is 0 Å². The largest absolute Gasteiger partial charge is 0.371 e. The zero-order valence-corrected chi connectivity index (χ0v) is 12.3. The molecule has 1 aliphatic rings. The second-order valence-electron chi connectivity index (χ2n) is 5.60. The van der Waals surface area contributed by atoms with Gasteiger partial charge >= 0.3 is 0 Å². The predicted octanol–water partition coefficient (Wildman–Crippen LogP) is 2.59. The summed E-state index contributed by atoms with van der Waals surface area (Å²) in [5, 5.41) is 1.11. The van der Waals surface area contributed by atoms with Crippen molar-refractivity contribution in [2.75, 3.05) is 23.7 Å². The van der Waals surface area contributed by atoms with Crippen molar-refractivity contribution in [3.63, 3.8) is 0 Å². The van der Waals surface area contributed by atoms with Crippen molar-refractivity contribution < 1.29 is 0 Å². The second kappa shape index (κ2) is 5.29. The Morgan fingerprint density at radius 1 is 1.05 bits per heavy atom. The van der Waals surface area contributed by atoms with Gasteiger partial charge in [0.05, 0.1) is 11.1 Å². The highest BCUT2D eigenvalue weighted by molar-refractivity contribution is 6.02. The summed E-state index contributed by atoms with van der Waals surface area (Å²) in [5.74, 6) is 0.287. The maximum absolute atomic E-state index is 5.73. The van der Waals surface area contributed by atoms with Crippen molar-refractivity contribution in [2.24, 2.45) is 0 Å². The van der Waals surface area contributed by atoms with Crippen LogP contribution in [0, 0.1) is 0 Å². The summed E-state index contributed by atoms with van der Waals surface area (Å²) < 4.78 is 0. The van der Waals surface area contributed by atoms with Crippen molar-refractivity contribution in [3.05, 3.63) is 30.7 Å². The lowest BCUT2D eigenvalue weighted by atomic mass is 10.1. The first-order chi connectivity index (χ1) is 10.8. The van der Waals surface area contributed by atoms with Crippen LogP contribution in [0.3, 0.4) is 0 Å². The van der Waals surface area contributed by atoms with E-state index in [4.69, 9.17) is 5.73 Å². The summed E-state index contributed by atoms with van der Waals surface area (Å²) in [4.78, 5) is 18.5. The molecule has 0 spiro atoms. The van der Waals surface area contributed by atoms with Gasteiger partial charge in [-0.3, -0.25) is 0 Å². The van der Waals surface area contributed by atoms with Gasteiger partial charge in [0.1, 0.15) is 5.65 Å². The van der Waals surface area contributed by atoms with Gasteiger partial charge in [0.25, 0.3) is 0 Å². The van der Waals surface area contributed by atoms with Crippen LogP contribution in [-0.4, -0.2) is 33.0 Å². The van der Waals surface area contributed by atoms with E-state index in [1.165, 1.54) is 24.9 Å². The number of pyridine rings is 1. The van der Waals surface area contributed by atoms with Crippen molar-refractivity contribution >= 4 is 22.7 Å². The standard InChI is InChI=1S/C16H18N6/c17-16-19-6-4-12(21-16)11-10-20-15-14(11)13(5-7-18-15)22-8-2-1-3-9-22/h4-7,10H,1-3,8-9H2,(H,18,20)(H2,17,19,21). The molecule has 3 aromatic rings. The minimum atomic E-state index is 0.287. The molecule has 0 saturated carbocycles. The Labute approximate surface area is 128 Å². The summed E-state index contributed by atoms with van der Waals surface area (Å²) >= 11 is 0. The average molecular weight is 294 g/mol. The number of aromatic nitrogens is 4. The lowest BCUT2D eigenvalue weighted by molar-refractivity contribution is 0.579. The number of rotatable bonds is 2. The van der Waals surface area contributed by atoms with Crippen molar-refractivity contribution in [1.29, 1.82) is 0 Å². The van der Waals surface area contributed by atoms with Crippen LogP contribution in [0.4, 0.5) is 11.6 Å². The molecule has 3 aromatic heterocycles. The van der Waals surface area contributed by atoms with E-state index in [1.807, 2.05) is 18.5 Å². The summed E-state index contributed by atoms with van der Waals surface area (Å²) in [5.41, 5.74) is 9.69. The Morgan fingerprint density at radius 3 is 2.68 bits per heavy atom. The summed E-state index contributed by atoms with van der Waals surface area (Å²) in [6.45, 7) is 2.19. The molecule has 1 fully saturated rings. The molecule has 1 aliphatic heterocycles. The topological polar surface area (TPSA) is 83.7 Å². The maximum Gasteiger partial charge on any atom is 0.220 e. The normalized spacial score (nSPS) is 15.4. The molecular formula is C16H18N6. The number of aromatic amines is 1. The van der Waals surface area contributed by atoms with Gasteiger partial charge < -0.3 is 15.6 Å². The number of hydrogen-bond acceptors (Lipinski definition) is 5. The molecule has 6 heteroatoms. The quantitative estimate of drug-likeness (QED) is 0.759. The van der Waals surface area contributed by atoms with Gasteiger partial charge in [-0.15, -0.1) is 0 Å². The molecule has 4 heterocycles. The molecule has 1 saturated heterocycles. The second-order valence-corrected chi connectivity index (χ2v) is 5.60. The van der Waals surface area contributed by atoms with E-state index in [0.29, 0.717) is 0 Å². The van der Waals surface area contributed by atoms with Gasteiger partial charge in [-0.2, -0.15) is 0 Å². The average Bonchev–Trinajstić information content (AvgIpc) is 3.00. The van der Waals surface area contributed by atoms with E-state index in [1.54, 1.807) is 6.20 Å². The van der Waals surface area contributed by atoms with Crippen LogP contribution in [0.15, 0.2) is 30.7 Å². The molecule has 3 N–H and O–H groups in total. The van der Waals surface area contributed by atoms with Crippen molar-refractivity contribution in [1.82, 2.24) is 19.9 Å². The van der Waals surface area contributed by atoms with E-state index in [0.717, 1.165) is 35.4 Å². The Hall–Kier alpha value is -2.63. The van der Waals surface area contributed by atoms with Gasteiger partial charge in [-0.25, -0.2) is 15.0 Å². The third-order valence-corrected chi connectivity index (χ3v) is 4.20. The molecule has 0 aliphatic carbocycles. The lowest BCUT2D eigenvalue weighted by Crippen LogP contribution is -2.29. The molecule has 4 rings (SSSR count). The van der Waals surface area contributed by atoms with E-state index >= 15 is 0 Å². The Morgan fingerprint density at radius 2 is 1.86 bits per heavy atom. The van der Waals surface area contributed by atoms with Gasteiger partial charge in [-0.1, -0.05) is 0 Å². The Kier molecular flexibility index (Phi) is 3.14. The highest BCUT2D eigenvalue weighted by Crippen LogP contribution is 2.35. The Bertz CT molecular complexity index is 803.